The lowest BCUT2D eigenvalue weighted by Crippen LogP contribution is -2.62. The Bertz CT molecular complexity index is 2630. The van der Waals surface area contributed by atoms with E-state index in [4.69, 9.17) is 9.72 Å². The first kappa shape index (κ1) is 48.6. The first-order valence-electron chi connectivity index (χ1n) is 23.0. The molecule has 2 aromatic heterocycles. The van der Waals surface area contributed by atoms with Crippen LogP contribution in [-0.2, 0) is 53.3 Å². The Hall–Kier alpha value is -5.36. The van der Waals surface area contributed by atoms with Gasteiger partial charge in [-0.05, 0) is 104 Å². The number of nitrogens with one attached hydrogen (secondary N) is 2. The van der Waals surface area contributed by atoms with Gasteiger partial charge in [0, 0.05) is 68.2 Å². The topological polar surface area (TPSA) is 186 Å². The zero-order valence-electron chi connectivity index (χ0n) is 39.9. The van der Waals surface area contributed by atoms with Gasteiger partial charge in [0.25, 0.3) is 5.91 Å². The largest absolute Gasteiger partial charge is 0.508 e. The van der Waals surface area contributed by atoms with Crippen molar-refractivity contribution in [3.63, 3.8) is 0 Å². The summed E-state index contributed by atoms with van der Waals surface area (Å²) in [6.07, 6.45) is 3.26. The lowest BCUT2D eigenvalue weighted by atomic mass is 9.83. The van der Waals surface area contributed by atoms with Crippen molar-refractivity contribution in [3.8, 4) is 28.1 Å². The second-order valence-electron chi connectivity index (χ2n) is 19.7. The van der Waals surface area contributed by atoms with Crippen LogP contribution >= 0.6 is 0 Å². The molecule has 5 atom stereocenters. The molecule has 3 aliphatic heterocycles. The predicted molar refractivity (Wildman–Crippen MR) is 253 cm³/mol. The third-order valence-corrected chi connectivity index (χ3v) is 15.3. The maximum Gasteiger partial charge on any atom is 0.324 e. The van der Waals surface area contributed by atoms with E-state index in [1.54, 1.807) is 37.9 Å². The van der Waals surface area contributed by atoms with Gasteiger partial charge in [0.15, 0.2) is 0 Å². The second kappa shape index (κ2) is 19.1. The molecular formula is C49H66N8O8S. The number of nitrogens with zero attached hydrogens (tertiary/aromatic N) is 6. The molecule has 4 aromatic rings. The van der Waals surface area contributed by atoms with Gasteiger partial charge in [0.2, 0.25) is 21.8 Å². The molecule has 0 spiro atoms. The number of aromatic hydroxyl groups is 1. The lowest BCUT2D eigenvalue weighted by Gasteiger charge is -2.37. The number of likely N-dealkylation sites (N-methyl/N-ethyl adjacent to an activating group) is 3. The van der Waals surface area contributed by atoms with E-state index in [-0.39, 0.29) is 31.2 Å². The van der Waals surface area contributed by atoms with Crippen LogP contribution < -0.4 is 10.7 Å². The molecule has 3 N–H and O–H groups in total. The number of carbonyl (C=O) groups excluding carboxylic acids is 4. The molecule has 1 unspecified atom stereocenters. The molecular weight excluding hydrogens is 861 g/mol. The number of hydrazine groups is 1. The van der Waals surface area contributed by atoms with Crippen molar-refractivity contribution >= 4 is 44.6 Å². The molecule has 2 saturated heterocycles. The quantitative estimate of drug-likeness (QED) is 0.138. The summed E-state index contributed by atoms with van der Waals surface area (Å²) in [7, 11) is 0.716. The molecule has 0 radical (unpaired) electrons. The number of benzene rings is 2. The molecule has 6 bridgehead atoms. The van der Waals surface area contributed by atoms with Crippen LogP contribution in [0.4, 0.5) is 0 Å². The van der Waals surface area contributed by atoms with Crippen molar-refractivity contribution in [1.29, 1.82) is 0 Å². The zero-order chi connectivity index (χ0) is 48.0. The van der Waals surface area contributed by atoms with Crippen molar-refractivity contribution in [3.05, 3.63) is 71.5 Å². The molecule has 16 nitrogen and oxygen atoms in total. The van der Waals surface area contributed by atoms with E-state index in [1.807, 2.05) is 24.4 Å². The third-order valence-electron chi connectivity index (χ3n) is 13.1. The maximum atomic E-state index is 14.7. The van der Waals surface area contributed by atoms with Gasteiger partial charge in [-0.25, -0.2) is 13.8 Å². The number of esters is 1. The molecule has 17 heteroatoms. The minimum Gasteiger partial charge on any atom is -0.508 e. The molecule has 0 aliphatic carbocycles. The van der Waals surface area contributed by atoms with Crippen LogP contribution in [0.5, 0.6) is 5.75 Å². The number of rotatable bonds is 11. The lowest BCUT2D eigenvalue weighted by molar-refractivity contribution is -0.155. The molecule has 2 aromatic carbocycles. The maximum absolute atomic E-state index is 14.7. The fraction of sp³-hybridized carbons (Fsp3) is 0.531. The number of phenols is 1. The molecule has 7 rings (SSSR count). The van der Waals surface area contributed by atoms with E-state index in [1.165, 1.54) is 24.0 Å². The first-order valence-corrected chi connectivity index (χ1v) is 24.5. The van der Waals surface area contributed by atoms with Crippen molar-refractivity contribution in [2.75, 3.05) is 47.4 Å². The number of pyridine rings is 1. The Morgan fingerprint density at radius 3 is 2.45 bits per heavy atom. The Labute approximate surface area is 388 Å². The minimum atomic E-state index is -3.77. The molecule has 66 heavy (non-hydrogen) atoms. The molecule has 5 heterocycles. The fourth-order valence-corrected chi connectivity index (χ4v) is 11.1. The summed E-state index contributed by atoms with van der Waals surface area (Å²) in [5.74, 6) is -2.52. The summed E-state index contributed by atoms with van der Waals surface area (Å²) >= 11 is 0. The van der Waals surface area contributed by atoms with Crippen molar-refractivity contribution < 1.29 is 37.4 Å². The summed E-state index contributed by atoms with van der Waals surface area (Å²) < 4.78 is 35.5. The number of sulfonamides is 1. The number of phenolic OH excluding ortho intramolecular Hbond substituents is 1. The van der Waals surface area contributed by atoms with Crippen LogP contribution in [0.1, 0.15) is 84.0 Å². The number of ether oxygens (including phenoxy) is 1. The van der Waals surface area contributed by atoms with Gasteiger partial charge in [0.05, 0.1) is 24.5 Å². The molecule has 3 aliphatic rings. The Morgan fingerprint density at radius 1 is 1.06 bits per heavy atom. The standard InChI is InChI=1S/C49H66N8O8S/c1-11-56-40-17-16-32-24-36(40)37(45(56)35-14-12-18-50-43(35)29(2)3)25-49(6,7)28-65-48(62)38-15-13-19-57(52-38)47(61)39(22-31-20-33(32)23-34(58)21-31)51-46(60)44(30(4)5)55(10)41(59)26-54(9)66(63,64)42-27-53(42)8/h12,14,16-18,20-21,23-24,29-30,38-39,42,44,52,58H,11,13,15,19,22,25-28H2,1-10H3,(H,51,60)/t38-,39-,42-,44-,53?/m0/s1. The number of aromatic nitrogens is 2. The highest BCUT2D eigenvalue weighted by atomic mass is 32.2. The van der Waals surface area contributed by atoms with Gasteiger partial charge in [0.1, 0.15) is 29.2 Å². The van der Waals surface area contributed by atoms with Crippen molar-refractivity contribution in [1.82, 2.24) is 39.4 Å². The monoisotopic (exact) mass is 926 g/mol. The highest BCUT2D eigenvalue weighted by Crippen LogP contribution is 2.42. The summed E-state index contributed by atoms with van der Waals surface area (Å²) in [6, 6.07) is 12.4. The van der Waals surface area contributed by atoms with Crippen LogP contribution in [0.15, 0.2) is 54.7 Å². The normalized spacial score (nSPS) is 21.7. The number of hydrogen-bond acceptors (Lipinski definition) is 11. The van der Waals surface area contributed by atoms with Gasteiger partial charge in [-0.15, -0.1) is 0 Å². The molecule has 2 fully saturated rings. The van der Waals surface area contributed by atoms with E-state index in [0.717, 1.165) is 43.3 Å². The van der Waals surface area contributed by atoms with Gasteiger partial charge < -0.3 is 24.6 Å². The number of hydrogen-bond donors (Lipinski definition) is 3. The van der Waals surface area contributed by atoms with Crippen LogP contribution in [0.3, 0.4) is 0 Å². The van der Waals surface area contributed by atoms with E-state index in [2.05, 4.69) is 68.1 Å². The van der Waals surface area contributed by atoms with Crippen LogP contribution in [0.25, 0.3) is 33.3 Å². The van der Waals surface area contributed by atoms with Gasteiger partial charge >= 0.3 is 5.97 Å². The Morgan fingerprint density at radius 2 is 1.79 bits per heavy atom. The first-order chi connectivity index (χ1) is 31.1. The number of amides is 3. The SMILES string of the molecule is CCn1c(-c2cccnc2C(C)C)c2c3cc(ccc31)-c1cc(O)cc(c1)C[C@H](NC(=O)[C@H](C(C)C)N(C)C(=O)CN(C)S(=O)(=O)[C@H]1CN1C)C(=O)N1CCC[C@H](N1)C(=O)OCC(C)(C)C2. The second-order valence-corrected chi connectivity index (χ2v) is 21.9. The molecule has 0 saturated carbocycles. The summed E-state index contributed by atoms with van der Waals surface area (Å²) in [4.78, 5) is 64.4. The highest BCUT2D eigenvalue weighted by molar-refractivity contribution is 7.90. The molecule has 3 amide bonds. The summed E-state index contributed by atoms with van der Waals surface area (Å²) in [6.45, 7) is 15.0. The minimum absolute atomic E-state index is 0.0274. The average molecular weight is 927 g/mol. The highest BCUT2D eigenvalue weighted by Gasteiger charge is 2.45. The number of aryl methyl sites for hydroxylation is 1. The summed E-state index contributed by atoms with van der Waals surface area (Å²) in [5.41, 5.74) is 9.86. The van der Waals surface area contributed by atoms with Crippen molar-refractivity contribution in [2.24, 2.45) is 11.3 Å². The smallest absolute Gasteiger partial charge is 0.324 e. The van der Waals surface area contributed by atoms with Crippen LogP contribution in [0.2, 0.25) is 0 Å². The predicted octanol–water partition coefficient (Wildman–Crippen LogP) is 4.88. The van der Waals surface area contributed by atoms with Gasteiger partial charge in [-0.1, -0.05) is 53.7 Å². The molecule has 356 valence electrons. The van der Waals surface area contributed by atoms with Gasteiger partial charge in [-0.3, -0.25) is 34.1 Å². The number of fused-ring (bicyclic) bond motifs is 6. The fourth-order valence-electron chi connectivity index (χ4n) is 9.55. The van der Waals surface area contributed by atoms with E-state index >= 15 is 0 Å². The average Bonchev–Trinajstić information content (AvgIpc) is 3.95. The number of cyclic esters (lactones) is 1. The zero-order valence-corrected chi connectivity index (χ0v) is 40.7. The van der Waals surface area contributed by atoms with Gasteiger partial charge in [-0.2, -0.15) is 4.31 Å². The van der Waals surface area contributed by atoms with E-state index in [0.29, 0.717) is 43.5 Å². The summed E-state index contributed by atoms with van der Waals surface area (Å²) in [5, 5.41) is 15.9. The Kier molecular flexibility index (Phi) is 14.1. The number of carbonyl (C=O) groups is 4. The Balaban J connectivity index is 1.29. The van der Waals surface area contributed by atoms with E-state index < -0.39 is 75.1 Å². The third kappa shape index (κ3) is 9.99. The van der Waals surface area contributed by atoms with E-state index in [9.17, 15) is 32.7 Å². The van der Waals surface area contributed by atoms with Crippen LogP contribution in [0, 0.1) is 11.3 Å². The van der Waals surface area contributed by atoms with Crippen LogP contribution in [-0.4, -0.2) is 137 Å². The van der Waals surface area contributed by atoms with Crippen molar-refractivity contribution in [2.45, 2.75) is 110 Å².